The quantitative estimate of drug-likeness (QED) is 0.106. The first-order chi connectivity index (χ1) is 21.5. The molecular formula is C33H36N4O6S. The second-order valence-corrected chi connectivity index (χ2v) is 11.6. The van der Waals surface area contributed by atoms with Crippen LogP contribution in [0.25, 0.3) is 11.1 Å². The Labute approximate surface area is 260 Å². The van der Waals surface area contributed by atoms with Gasteiger partial charge in [0.1, 0.15) is 6.33 Å². The van der Waals surface area contributed by atoms with E-state index in [0.29, 0.717) is 38.0 Å². The Bertz CT molecular complexity index is 1500. The minimum absolute atomic E-state index is 0.00949. The number of carboxylic acids is 1. The molecule has 1 amide bonds. The van der Waals surface area contributed by atoms with Crippen LogP contribution in [0.15, 0.2) is 84.3 Å². The van der Waals surface area contributed by atoms with Gasteiger partial charge in [0.05, 0.1) is 18.8 Å². The van der Waals surface area contributed by atoms with Crippen LogP contribution < -0.4 is 5.32 Å². The lowest BCUT2D eigenvalue weighted by Gasteiger charge is -2.36. The Hall–Kier alpha value is -4.03. The van der Waals surface area contributed by atoms with Crippen molar-refractivity contribution in [2.75, 3.05) is 5.75 Å². The van der Waals surface area contributed by atoms with E-state index in [-0.39, 0.29) is 31.1 Å². The van der Waals surface area contributed by atoms with Gasteiger partial charge in [-0.1, -0.05) is 84.6 Å². The number of carboxylic acid groups (broad SMARTS) is 1. The molecule has 44 heavy (non-hydrogen) atoms. The minimum Gasteiger partial charge on any atom is -0.481 e. The van der Waals surface area contributed by atoms with Gasteiger partial charge in [-0.25, -0.2) is 4.98 Å². The highest BCUT2D eigenvalue weighted by molar-refractivity contribution is 7.99. The number of aromatic nitrogens is 3. The van der Waals surface area contributed by atoms with E-state index in [1.807, 2.05) is 72.8 Å². The molecule has 1 aliphatic rings. The highest BCUT2D eigenvalue weighted by atomic mass is 32.2. The molecule has 1 fully saturated rings. The fourth-order valence-electron chi connectivity index (χ4n) is 5.08. The third-order valence-electron chi connectivity index (χ3n) is 7.45. The van der Waals surface area contributed by atoms with Crippen molar-refractivity contribution in [2.24, 2.45) is 0 Å². The van der Waals surface area contributed by atoms with Crippen molar-refractivity contribution in [3.63, 3.8) is 0 Å². The van der Waals surface area contributed by atoms with Gasteiger partial charge >= 0.3 is 5.97 Å². The van der Waals surface area contributed by atoms with Crippen molar-refractivity contribution >= 4 is 23.6 Å². The van der Waals surface area contributed by atoms with E-state index in [0.717, 1.165) is 38.5 Å². The molecule has 4 aromatic rings. The van der Waals surface area contributed by atoms with Crippen LogP contribution in [0, 0.1) is 0 Å². The number of rotatable bonds is 14. The first-order valence-electron chi connectivity index (χ1n) is 14.6. The molecule has 1 saturated heterocycles. The van der Waals surface area contributed by atoms with Crippen molar-refractivity contribution in [3.05, 3.63) is 101 Å². The Kier molecular flexibility index (Phi) is 11.1. The summed E-state index contributed by atoms with van der Waals surface area (Å²) >= 11 is 1.55. The number of benzene rings is 3. The molecule has 0 spiro atoms. The van der Waals surface area contributed by atoms with Gasteiger partial charge in [-0.05, 0) is 40.7 Å². The molecule has 1 aliphatic heterocycles. The monoisotopic (exact) mass is 616 g/mol. The zero-order chi connectivity index (χ0) is 30.7. The summed E-state index contributed by atoms with van der Waals surface area (Å²) in [4.78, 5) is 27.2. The number of amides is 1. The Morgan fingerprint density at radius 1 is 0.955 bits per heavy atom. The van der Waals surface area contributed by atoms with Crippen LogP contribution >= 0.6 is 11.8 Å². The van der Waals surface area contributed by atoms with Gasteiger partial charge in [0.25, 0.3) is 0 Å². The first kappa shape index (κ1) is 31.4. The summed E-state index contributed by atoms with van der Waals surface area (Å²) in [7, 11) is 0. The molecule has 5 rings (SSSR count). The maximum absolute atomic E-state index is 12.3. The number of aliphatic hydroxyl groups excluding tert-OH is 1. The van der Waals surface area contributed by atoms with Gasteiger partial charge in [-0.2, -0.15) is 5.10 Å². The molecule has 0 bridgehead atoms. The van der Waals surface area contributed by atoms with Crippen LogP contribution in [0.5, 0.6) is 0 Å². The van der Waals surface area contributed by atoms with Gasteiger partial charge in [-0.3, -0.25) is 14.7 Å². The summed E-state index contributed by atoms with van der Waals surface area (Å²) in [5.41, 5.74) is 5.77. The van der Waals surface area contributed by atoms with Crippen LogP contribution in [0.3, 0.4) is 0 Å². The number of thioether (sulfide) groups is 1. The van der Waals surface area contributed by atoms with Crippen molar-refractivity contribution in [1.82, 2.24) is 20.5 Å². The first-order valence-corrected chi connectivity index (χ1v) is 15.6. The molecule has 0 aliphatic carbocycles. The summed E-state index contributed by atoms with van der Waals surface area (Å²) < 4.78 is 12.9. The normalized spacial score (nSPS) is 18.2. The number of hydrogen-bond donors (Lipinski definition) is 4. The minimum atomic E-state index is -0.845. The summed E-state index contributed by atoms with van der Waals surface area (Å²) in [5.74, 6) is -0.262. The number of aliphatic hydroxyl groups is 1. The molecule has 4 N–H and O–H groups in total. The number of aromatic amines is 1. The highest BCUT2D eigenvalue weighted by Gasteiger charge is 2.32. The lowest BCUT2D eigenvalue weighted by Crippen LogP contribution is -2.31. The van der Waals surface area contributed by atoms with Crippen molar-refractivity contribution in [3.8, 4) is 11.1 Å². The third kappa shape index (κ3) is 8.76. The standard InChI is InChI=1S/C33H36N4O6S/c38-19-22-9-11-24(12-10-22)29-17-27(20-44-33-35-21-36-37-33)42-32(43-29)25-15-13-23(14-16-25)28-6-2-1-5-26(28)18-34-30(39)7-3-4-8-31(40)41/h1-2,5-6,9-16,21,27,29,32,38H,3-4,7-8,17-20H2,(H,34,39)(H,40,41)(H,35,36,37). The Morgan fingerprint density at radius 3 is 2.43 bits per heavy atom. The fraction of sp³-hybridized carbons (Fsp3) is 0.333. The zero-order valence-electron chi connectivity index (χ0n) is 24.2. The second-order valence-electron chi connectivity index (χ2n) is 10.6. The number of nitrogens with one attached hydrogen (secondary N) is 2. The number of aliphatic carboxylic acids is 1. The largest absolute Gasteiger partial charge is 0.481 e. The van der Waals surface area contributed by atoms with Gasteiger partial charge < -0.3 is 25.0 Å². The van der Waals surface area contributed by atoms with Crippen LogP contribution in [-0.2, 0) is 32.2 Å². The second kappa shape index (κ2) is 15.6. The maximum Gasteiger partial charge on any atom is 0.303 e. The highest BCUT2D eigenvalue weighted by Crippen LogP contribution is 2.39. The van der Waals surface area contributed by atoms with Gasteiger partial charge in [0.15, 0.2) is 11.4 Å². The fourth-order valence-corrected chi connectivity index (χ4v) is 5.88. The van der Waals surface area contributed by atoms with Crippen LogP contribution in [0.4, 0.5) is 0 Å². The van der Waals surface area contributed by atoms with Gasteiger partial charge in [0, 0.05) is 37.1 Å². The molecule has 0 saturated carbocycles. The van der Waals surface area contributed by atoms with Crippen molar-refractivity contribution < 1.29 is 29.3 Å². The summed E-state index contributed by atoms with van der Waals surface area (Å²) in [6.45, 7) is 0.371. The lowest BCUT2D eigenvalue weighted by atomic mass is 9.97. The average Bonchev–Trinajstić information content (AvgIpc) is 3.59. The predicted octanol–water partition coefficient (Wildman–Crippen LogP) is 5.56. The molecule has 3 aromatic carbocycles. The summed E-state index contributed by atoms with van der Waals surface area (Å²) in [6.07, 6.45) is 2.71. The van der Waals surface area contributed by atoms with E-state index < -0.39 is 12.3 Å². The van der Waals surface area contributed by atoms with Crippen molar-refractivity contribution in [2.45, 2.75) is 68.9 Å². The molecule has 0 radical (unpaired) electrons. The lowest BCUT2D eigenvalue weighted by molar-refractivity contribution is -0.245. The van der Waals surface area contributed by atoms with E-state index in [2.05, 4.69) is 20.5 Å². The Morgan fingerprint density at radius 2 is 1.70 bits per heavy atom. The van der Waals surface area contributed by atoms with E-state index in [1.165, 1.54) is 6.33 Å². The number of hydrogen-bond acceptors (Lipinski definition) is 8. The number of carbonyl (C=O) groups excluding carboxylic acids is 1. The number of carbonyl (C=O) groups is 2. The molecule has 1 aromatic heterocycles. The molecule has 2 heterocycles. The molecule has 3 unspecified atom stereocenters. The molecule has 11 heteroatoms. The number of ether oxygens (including phenoxy) is 2. The third-order valence-corrected chi connectivity index (χ3v) is 8.45. The van der Waals surface area contributed by atoms with Gasteiger partial charge in [0.2, 0.25) is 5.91 Å². The molecular weight excluding hydrogens is 580 g/mol. The zero-order valence-corrected chi connectivity index (χ0v) is 25.0. The summed E-state index contributed by atoms with van der Waals surface area (Å²) in [5, 5.41) is 28.7. The predicted molar refractivity (Wildman–Crippen MR) is 165 cm³/mol. The summed E-state index contributed by atoms with van der Waals surface area (Å²) in [6, 6.07) is 23.8. The molecule has 10 nitrogen and oxygen atoms in total. The van der Waals surface area contributed by atoms with Crippen LogP contribution in [0.2, 0.25) is 0 Å². The average molecular weight is 617 g/mol. The number of H-pyrrole nitrogens is 1. The molecule has 3 atom stereocenters. The topological polar surface area (TPSA) is 147 Å². The Balaban J connectivity index is 1.26. The van der Waals surface area contributed by atoms with E-state index in [1.54, 1.807) is 11.8 Å². The van der Waals surface area contributed by atoms with Crippen LogP contribution in [0.1, 0.15) is 66.8 Å². The number of unbranched alkanes of at least 4 members (excludes halogenated alkanes) is 1. The van der Waals surface area contributed by atoms with E-state index in [4.69, 9.17) is 14.6 Å². The molecule has 230 valence electrons. The SMILES string of the molecule is O=C(O)CCCCC(=O)NCc1ccccc1-c1ccc(C2OC(CSc3ncn[nH]3)CC(c3ccc(CO)cc3)O2)cc1. The smallest absolute Gasteiger partial charge is 0.303 e. The van der Waals surface area contributed by atoms with E-state index >= 15 is 0 Å². The van der Waals surface area contributed by atoms with Crippen molar-refractivity contribution in [1.29, 1.82) is 0 Å². The van der Waals surface area contributed by atoms with Crippen LogP contribution in [-0.4, -0.2) is 49.1 Å². The van der Waals surface area contributed by atoms with Gasteiger partial charge in [-0.15, -0.1) is 0 Å². The maximum atomic E-state index is 12.3. The van der Waals surface area contributed by atoms with E-state index in [9.17, 15) is 14.7 Å². The number of nitrogens with zero attached hydrogens (tertiary/aromatic N) is 2.